The number of hydrogen-bond donors (Lipinski definition) is 0. The molecular weight excluding hydrogens is 356 g/mol. The summed E-state index contributed by atoms with van der Waals surface area (Å²) < 4.78 is 15.7. The zero-order chi connectivity index (χ0) is 20.3. The maximum atomic E-state index is 11.7. The predicted octanol–water partition coefficient (Wildman–Crippen LogP) is 5.46. The first-order valence-electron chi connectivity index (χ1n) is 10.7. The van der Waals surface area contributed by atoms with Crippen molar-refractivity contribution in [2.45, 2.75) is 77.6 Å². The van der Waals surface area contributed by atoms with Gasteiger partial charge in [-0.25, -0.2) is 0 Å². The lowest BCUT2D eigenvalue weighted by Crippen LogP contribution is -2.13. The molecular formula is C23H36O5. The van der Waals surface area contributed by atoms with Crippen molar-refractivity contribution in [3.05, 3.63) is 30.3 Å². The van der Waals surface area contributed by atoms with Crippen molar-refractivity contribution >= 4 is 11.9 Å². The number of esters is 2. The summed E-state index contributed by atoms with van der Waals surface area (Å²) >= 11 is 0. The molecule has 0 aliphatic carbocycles. The van der Waals surface area contributed by atoms with E-state index in [1.54, 1.807) is 0 Å². The lowest BCUT2D eigenvalue weighted by atomic mass is 10.1. The highest BCUT2D eigenvalue weighted by Crippen LogP contribution is 2.09. The van der Waals surface area contributed by atoms with E-state index in [1.165, 1.54) is 38.5 Å². The molecule has 0 aliphatic rings. The van der Waals surface area contributed by atoms with E-state index in [-0.39, 0.29) is 31.4 Å². The standard InChI is InChI=1S/C23H36O5/c1-2-3-4-5-6-7-8-12-18-27-22(24)16-13-17-23(25)28-20-19-26-21-14-10-9-11-15-21/h9-11,14-15H,2-8,12-13,16-20H2,1H3. The summed E-state index contributed by atoms with van der Waals surface area (Å²) in [6, 6.07) is 9.37. The van der Waals surface area contributed by atoms with Crippen LogP contribution in [0.2, 0.25) is 0 Å². The third-order valence-electron chi connectivity index (χ3n) is 4.38. The van der Waals surface area contributed by atoms with Gasteiger partial charge in [-0.1, -0.05) is 70.1 Å². The lowest BCUT2D eigenvalue weighted by Gasteiger charge is -2.07. The SMILES string of the molecule is CCCCCCCCCCOC(=O)CCCC(=O)OCCOc1ccccc1. The van der Waals surface area contributed by atoms with E-state index in [4.69, 9.17) is 14.2 Å². The molecule has 0 spiro atoms. The number of para-hydroxylation sites is 1. The Hall–Kier alpha value is -2.04. The van der Waals surface area contributed by atoms with Crippen LogP contribution in [0.4, 0.5) is 0 Å². The van der Waals surface area contributed by atoms with Crippen LogP contribution in [0.5, 0.6) is 5.75 Å². The predicted molar refractivity (Wildman–Crippen MR) is 110 cm³/mol. The monoisotopic (exact) mass is 392 g/mol. The van der Waals surface area contributed by atoms with Gasteiger partial charge in [0.1, 0.15) is 19.0 Å². The van der Waals surface area contributed by atoms with E-state index in [1.807, 2.05) is 30.3 Å². The molecule has 0 bridgehead atoms. The number of unbranched alkanes of at least 4 members (excludes halogenated alkanes) is 7. The average molecular weight is 393 g/mol. The minimum atomic E-state index is -0.312. The Morgan fingerprint density at radius 3 is 1.89 bits per heavy atom. The summed E-state index contributed by atoms with van der Waals surface area (Å²) in [6.45, 7) is 3.22. The van der Waals surface area contributed by atoms with Gasteiger partial charge in [-0.15, -0.1) is 0 Å². The molecule has 0 aliphatic heterocycles. The van der Waals surface area contributed by atoms with Crippen molar-refractivity contribution in [2.24, 2.45) is 0 Å². The van der Waals surface area contributed by atoms with Crippen molar-refractivity contribution < 1.29 is 23.8 Å². The molecule has 1 rings (SSSR count). The van der Waals surface area contributed by atoms with Gasteiger partial charge in [0, 0.05) is 12.8 Å². The second-order valence-corrected chi connectivity index (χ2v) is 6.93. The van der Waals surface area contributed by atoms with Gasteiger partial charge in [0.2, 0.25) is 0 Å². The highest BCUT2D eigenvalue weighted by molar-refractivity contribution is 5.72. The smallest absolute Gasteiger partial charge is 0.305 e. The molecule has 0 fully saturated rings. The first-order valence-corrected chi connectivity index (χ1v) is 10.7. The summed E-state index contributed by atoms with van der Waals surface area (Å²) in [5.41, 5.74) is 0. The van der Waals surface area contributed by atoms with Crippen molar-refractivity contribution in [1.29, 1.82) is 0 Å². The maximum absolute atomic E-state index is 11.7. The summed E-state index contributed by atoms with van der Waals surface area (Å²) in [5, 5.41) is 0. The summed E-state index contributed by atoms with van der Waals surface area (Å²) in [4.78, 5) is 23.3. The Bertz CT molecular complexity index is 515. The van der Waals surface area contributed by atoms with Gasteiger partial charge in [0.15, 0.2) is 0 Å². The Balaban J connectivity index is 1.87. The number of ether oxygens (including phenoxy) is 3. The summed E-state index contributed by atoms with van der Waals surface area (Å²) in [5.74, 6) is 0.202. The van der Waals surface area contributed by atoms with Crippen LogP contribution in [0, 0.1) is 0 Å². The van der Waals surface area contributed by atoms with Gasteiger partial charge in [-0.3, -0.25) is 9.59 Å². The van der Waals surface area contributed by atoms with Crippen LogP contribution in [0.1, 0.15) is 77.6 Å². The molecule has 0 unspecified atom stereocenters. The van der Waals surface area contributed by atoms with Crippen molar-refractivity contribution in [2.75, 3.05) is 19.8 Å². The molecule has 0 N–H and O–H groups in total. The quantitative estimate of drug-likeness (QED) is 0.260. The van der Waals surface area contributed by atoms with Crippen LogP contribution in [-0.4, -0.2) is 31.8 Å². The third kappa shape index (κ3) is 14.1. The molecule has 28 heavy (non-hydrogen) atoms. The van der Waals surface area contributed by atoms with Crippen LogP contribution in [0.3, 0.4) is 0 Å². The molecule has 158 valence electrons. The van der Waals surface area contributed by atoms with Gasteiger partial charge in [-0.05, 0) is 25.0 Å². The van der Waals surface area contributed by atoms with E-state index in [0.717, 1.165) is 18.6 Å². The van der Waals surface area contributed by atoms with Gasteiger partial charge in [0.05, 0.1) is 6.61 Å². The molecule has 0 atom stereocenters. The highest BCUT2D eigenvalue weighted by atomic mass is 16.6. The van der Waals surface area contributed by atoms with E-state index in [9.17, 15) is 9.59 Å². The number of benzene rings is 1. The molecule has 0 heterocycles. The van der Waals surface area contributed by atoms with Gasteiger partial charge in [-0.2, -0.15) is 0 Å². The molecule has 0 aromatic heterocycles. The first kappa shape index (κ1) is 24.0. The molecule has 5 nitrogen and oxygen atoms in total. The van der Waals surface area contributed by atoms with Crippen LogP contribution >= 0.6 is 0 Å². The second-order valence-electron chi connectivity index (χ2n) is 6.93. The van der Waals surface area contributed by atoms with Crippen molar-refractivity contribution in [3.8, 4) is 5.75 Å². The molecule has 0 saturated heterocycles. The zero-order valence-electron chi connectivity index (χ0n) is 17.3. The van der Waals surface area contributed by atoms with E-state index in [2.05, 4.69) is 6.92 Å². The minimum absolute atomic E-state index is 0.205. The first-order chi connectivity index (χ1) is 13.7. The van der Waals surface area contributed by atoms with Gasteiger partial charge in [0.25, 0.3) is 0 Å². The molecule has 0 radical (unpaired) electrons. The van der Waals surface area contributed by atoms with Crippen molar-refractivity contribution in [3.63, 3.8) is 0 Å². The third-order valence-corrected chi connectivity index (χ3v) is 4.38. The summed E-state index contributed by atoms with van der Waals surface area (Å²) in [6.07, 6.45) is 10.7. The fourth-order valence-electron chi connectivity index (χ4n) is 2.78. The van der Waals surface area contributed by atoms with Crippen LogP contribution in [-0.2, 0) is 19.1 Å². The topological polar surface area (TPSA) is 61.8 Å². The largest absolute Gasteiger partial charge is 0.490 e. The Morgan fingerprint density at radius 2 is 1.25 bits per heavy atom. The molecule has 5 heteroatoms. The van der Waals surface area contributed by atoms with Crippen molar-refractivity contribution in [1.82, 2.24) is 0 Å². The van der Waals surface area contributed by atoms with Crippen LogP contribution < -0.4 is 4.74 Å². The molecule has 1 aromatic rings. The molecule has 0 amide bonds. The van der Waals surface area contributed by atoms with E-state index >= 15 is 0 Å². The maximum Gasteiger partial charge on any atom is 0.305 e. The molecule has 1 aromatic carbocycles. The Labute approximate surface area is 169 Å². The van der Waals surface area contributed by atoms with Gasteiger partial charge < -0.3 is 14.2 Å². The van der Waals surface area contributed by atoms with Gasteiger partial charge >= 0.3 is 11.9 Å². The Kier molecular flexibility index (Phi) is 14.6. The Morgan fingerprint density at radius 1 is 0.679 bits per heavy atom. The number of rotatable bonds is 17. The normalized spacial score (nSPS) is 10.5. The highest BCUT2D eigenvalue weighted by Gasteiger charge is 2.07. The fourth-order valence-corrected chi connectivity index (χ4v) is 2.78. The molecule has 0 saturated carbocycles. The van der Waals surface area contributed by atoms with E-state index in [0.29, 0.717) is 19.6 Å². The number of carbonyl (C=O) groups excluding carboxylic acids is 2. The van der Waals surface area contributed by atoms with E-state index < -0.39 is 0 Å². The van der Waals surface area contributed by atoms with Crippen LogP contribution in [0.15, 0.2) is 30.3 Å². The average Bonchev–Trinajstić information content (AvgIpc) is 2.71. The number of hydrogen-bond acceptors (Lipinski definition) is 5. The fraction of sp³-hybridized carbons (Fsp3) is 0.652. The zero-order valence-corrected chi connectivity index (χ0v) is 17.3. The lowest BCUT2D eigenvalue weighted by molar-refractivity contribution is -0.146. The number of carbonyl (C=O) groups is 2. The second kappa shape index (κ2) is 17.1. The minimum Gasteiger partial charge on any atom is -0.490 e. The van der Waals surface area contributed by atoms with Crippen LogP contribution in [0.25, 0.3) is 0 Å². The summed E-state index contributed by atoms with van der Waals surface area (Å²) in [7, 11) is 0.